The molecular weight excluding hydrogens is 320 g/mol. The van der Waals surface area contributed by atoms with E-state index in [2.05, 4.69) is 0 Å². The molecule has 2 heterocycles. The van der Waals surface area contributed by atoms with E-state index in [4.69, 9.17) is 18.9 Å². The summed E-state index contributed by atoms with van der Waals surface area (Å²) in [6.45, 7) is 0.816. The third-order valence-corrected chi connectivity index (χ3v) is 4.55. The molecule has 1 N–H and O–H groups in total. The van der Waals surface area contributed by atoms with Crippen LogP contribution in [0.3, 0.4) is 0 Å². The lowest BCUT2D eigenvalue weighted by Crippen LogP contribution is -2.55. The van der Waals surface area contributed by atoms with E-state index < -0.39 is 24.8 Å². The first-order valence-electron chi connectivity index (χ1n) is 8.60. The van der Waals surface area contributed by atoms with Crippen LogP contribution in [0.15, 0.2) is 60.7 Å². The van der Waals surface area contributed by atoms with Crippen LogP contribution in [-0.2, 0) is 25.6 Å². The SMILES string of the molecule is O[C@@H]1C[C@H](OCc2ccccc2)O[C@@H]2COC(c3ccccc3)O[C@@H]12. The summed E-state index contributed by atoms with van der Waals surface area (Å²) in [7, 11) is 0. The number of ether oxygens (including phenoxy) is 4. The average molecular weight is 342 g/mol. The maximum absolute atomic E-state index is 10.5. The number of rotatable bonds is 4. The van der Waals surface area contributed by atoms with Crippen LogP contribution in [0.4, 0.5) is 0 Å². The summed E-state index contributed by atoms with van der Waals surface area (Å²) < 4.78 is 23.5. The number of hydrogen-bond acceptors (Lipinski definition) is 5. The standard InChI is InChI=1S/C20H22O5/c21-16-11-18(22-12-14-7-3-1-4-8-14)24-17-13-23-20(25-19(16)17)15-9-5-2-6-10-15/h1-10,16-21H,11-13H2/t16-,17-,18-,19+,20?/m1/s1. The third-order valence-electron chi connectivity index (χ3n) is 4.55. The Hall–Kier alpha value is -1.76. The Balaban J connectivity index is 1.35. The zero-order valence-corrected chi connectivity index (χ0v) is 13.9. The summed E-state index contributed by atoms with van der Waals surface area (Å²) in [6, 6.07) is 19.6. The first-order chi connectivity index (χ1) is 12.3. The lowest BCUT2D eigenvalue weighted by Gasteiger charge is -2.44. The van der Waals surface area contributed by atoms with Crippen LogP contribution < -0.4 is 0 Å². The topological polar surface area (TPSA) is 57.2 Å². The van der Waals surface area contributed by atoms with Gasteiger partial charge in [-0.05, 0) is 5.56 Å². The highest BCUT2D eigenvalue weighted by Crippen LogP contribution is 2.34. The van der Waals surface area contributed by atoms with E-state index in [-0.39, 0.29) is 6.10 Å². The molecule has 5 atom stereocenters. The van der Waals surface area contributed by atoms with Gasteiger partial charge in [-0.2, -0.15) is 0 Å². The van der Waals surface area contributed by atoms with Crippen LogP contribution in [0.5, 0.6) is 0 Å². The van der Waals surface area contributed by atoms with E-state index in [0.29, 0.717) is 19.6 Å². The Bertz CT molecular complexity index is 662. The van der Waals surface area contributed by atoms with E-state index in [1.54, 1.807) is 0 Å². The van der Waals surface area contributed by atoms with Gasteiger partial charge < -0.3 is 24.1 Å². The maximum atomic E-state index is 10.5. The molecular formula is C20H22O5. The van der Waals surface area contributed by atoms with Crippen molar-refractivity contribution in [1.29, 1.82) is 0 Å². The molecule has 5 nitrogen and oxygen atoms in total. The Morgan fingerprint density at radius 2 is 1.68 bits per heavy atom. The van der Waals surface area contributed by atoms with Crippen LogP contribution in [0, 0.1) is 0 Å². The Labute approximate surface area is 147 Å². The van der Waals surface area contributed by atoms with Gasteiger partial charge in [0.2, 0.25) is 0 Å². The lowest BCUT2D eigenvalue weighted by atomic mass is 10.0. The predicted octanol–water partition coefficient (Wildman–Crippen LogP) is 2.79. The van der Waals surface area contributed by atoms with E-state index in [9.17, 15) is 5.11 Å². The summed E-state index contributed by atoms with van der Waals surface area (Å²) in [5.41, 5.74) is 2.01. The molecule has 0 spiro atoms. The van der Waals surface area contributed by atoms with Crippen molar-refractivity contribution in [2.45, 2.75) is 43.9 Å². The van der Waals surface area contributed by atoms with Gasteiger partial charge in [-0.25, -0.2) is 0 Å². The molecule has 2 saturated heterocycles. The highest BCUT2D eigenvalue weighted by molar-refractivity contribution is 5.16. The van der Waals surface area contributed by atoms with E-state index in [1.807, 2.05) is 60.7 Å². The van der Waals surface area contributed by atoms with Crippen molar-refractivity contribution in [1.82, 2.24) is 0 Å². The summed E-state index contributed by atoms with van der Waals surface area (Å²) in [6.07, 6.45) is -1.93. The highest BCUT2D eigenvalue weighted by Gasteiger charge is 2.44. The average Bonchev–Trinajstić information content (AvgIpc) is 2.68. The molecule has 5 heteroatoms. The van der Waals surface area contributed by atoms with E-state index in [0.717, 1.165) is 11.1 Å². The molecule has 132 valence electrons. The first-order valence-corrected chi connectivity index (χ1v) is 8.60. The molecule has 2 aliphatic heterocycles. The second-order valence-electron chi connectivity index (χ2n) is 6.38. The Kier molecular flexibility index (Phi) is 5.10. The van der Waals surface area contributed by atoms with Crippen LogP contribution in [0.1, 0.15) is 23.8 Å². The van der Waals surface area contributed by atoms with Gasteiger partial charge in [0, 0.05) is 12.0 Å². The zero-order valence-electron chi connectivity index (χ0n) is 13.9. The van der Waals surface area contributed by atoms with Gasteiger partial charge in [0.25, 0.3) is 0 Å². The maximum Gasteiger partial charge on any atom is 0.184 e. The fourth-order valence-corrected chi connectivity index (χ4v) is 3.24. The number of hydrogen-bond donors (Lipinski definition) is 1. The number of benzene rings is 2. The van der Waals surface area contributed by atoms with Crippen molar-refractivity contribution in [3.63, 3.8) is 0 Å². The molecule has 2 aromatic carbocycles. The summed E-state index contributed by atoms with van der Waals surface area (Å²) in [5.74, 6) is 0. The second kappa shape index (κ2) is 7.64. The molecule has 0 aromatic heterocycles. The Morgan fingerprint density at radius 3 is 2.44 bits per heavy atom. The van der Waals surface area contributed by atoms with Gasteiger partial charge in [0.05, 0.1) is 19.3 Å². The van der Waals surface area contributed by atoms with E-state index >= 15 is 0 Å². The van der Waals surface area contributed by atoms with E-state index in [1.165, 1.54) is 0 Å². The van der Waals surface area contributed by atoms with Gasteiger partial charge in [-0.3, -0.25) is 0 Å². The monoisotopic (exact) mass is 342 g/mol. The van der Waals surface area contributed by atoms with Crippen molar-refractivity contribution < 1.29 is 24.1 Å². The number of fused-ring (bicyclic) bond motifs is 1. The Morgan fingerprint density at radius 1 is 0.960 bits per heavy atom. The van der Waals surface area contributed by atoms with Gasteiger partial charge in [0.15, 0.2) is 12.6 Å². The second-order valence-corrected chi connectivity index (χ2v) is 6.38. The molecule has 2 aliphatic rings. The molecule has 2 fully saturated rings. The molecule has 0 saturated carbocycles. The zero-order chi connectivity index (χ0) is 17.1. The molecule has 25 heavy (non-hydrogen) atoms. The molecule has 0 bridgehead atoms. The third kappa shape index (κ3) is 3.92. The van der Waals surface area contributed by atoms with Gasteiger partial charge >= 0.3 is 0 Å². The molecule has 0 radical (unpaired) electrons. The van der Waals surface area contributed by atoms with Crippen molar-refractivity contribution in [3.8, 4) is 0 Å². The van der Waals surface area contributed by atoms with Gasteiger partial charge in [-0.1, -0.05) is 60.7 Å². The van der Waals surface area contributed by atoms with Crippen molar-refractivity contribution >= 4 is 0 Å². The molecule has 1 unspecified atom stereocenters. The molecule has 2 aromatic rings. The first kappa shape index (κ1) is 16.7. The molecule has 0 aliphatic carbocycles. The highest BCUT2D eigenvalue weighted by atomic mass is 16.7. The largest absolute Gasteiger partial charge is 0.390 e. The van der Waals surface area contributed by atoms with Crippen molar-refractivity contribution in [2.75, 3.05) is 6.61 Å². The van der Waals surface area contributed by atoms with Crippen LogP contribution >= 0.6 is 0 Å². The lowest BCUT2D eigenvalue weighted by molar-refractivity contribution is -0.338. The fourth-order valence-electron chi connectivity index (χ4n) is 3.24. The normalized spacial score (nSPS) is 32.1. The number of aliphatic hydroxyl groups excluding tert-OH is 1. The minimum atomic E-state index is -0.644. The van der Waals surface area contributed by atoms with Crippen LogP contribution in [0.2, 0.25) is 0 Å². The smallest absolute Gasteiger partial charge is 0.184 e. The number of aliphatic hydroxyl groups is 1. The minimum Gasteiger partial charge on any atom is -0.390 e. The summed E-state index contributed by atoms with van der Waals surface area (Å²) in [4.78, 5) is 0. The fraction of sp³-hybridized carbons (Fsp3) is 0.400. The van der Waals surface area contributed by atoms with Crippen molar-refractivity contribution in [2.24, 2.45) is 0 Å². The van der Waals surface area contributed by atoms with Crippen molar-refractivity contribution in [3.05, 3.63) is 71.8 Å². The summed E-state index contributed by atoms with van der Waals surface area (Å²) >= 11 is 0. The summed E-state index contributed by atoms with van der Waals surface area (Å²) in [5, 5.41) is 10.5. The minimum absolute atomic E-state index is 0.329. The van der Waals surface area contributed by atoms with Crippen LogP contribution in [-0.4, -0.2) is 36.3 Å². The molecule has 4 rings (SSSR count). The predicted molar refractivity (Wildman–Crippen MR) is 90.5 cm³/mol. The quantitative estimate of drug-likeness (QED) is 0.926. The van der Waals surface area contributed by atoms with Crippen LogP contribution in [0.25, 0.3) is 0 Å². The molecule has 0 amide bonds. The van der Waals surface area contributed by atoms with Gasteiger partial charge in [-0.15, -0.1) is 0 Å². The van der Waals surface area contributed by atoms with Gasteiger partial charge in [0.1, 0.15) is 12.2 Å².